The Kier molecular flexibility index (Phi) is 7.04. The lowest BCUT2D eigenvalue weighted by Crippen LogP contribution is -2.35. The molecule has 1 atom stereocenters. The summed E-state index contributed by atoms with van der Waals surface area (Å²) < 4.78 is 39.5. The molecule has 198 valence electrons. The summed E-state index contributed by atoms with van der Waals surface area (Å²) in [6.07, 6.45) is -4.57. The van der Waals surface area contributed by atoms with Crippen molar-refractivity contribution in [3.63, 3.8) is 0 Å². The number of halogens is 3. The van der Waals surface area contributed by atoms with E-state index in [0.29, 0.717) is 15.6 Å². The lowest BCUT2D eigenvalue weighted by Gasteiger charge is -2.23. The zero-order chi connectivity index (χ0) is 27.9. The summed E-state index contributed by atoms with van der Waals surface area (Å²) >= 11 is 6.55. The number of fused-ring (bicyclic) bond motifs is 1. The van der Waals surface area contributed by atoms with Gasteiger partial charge in [-0.05, 0) is 36.8 Å². The number of carbonyl (C=O) groups is 3. The second kappa shape index (κ2) is 10.3. The molecule has 0 saturated carbocycles. The van der Waals surface area contributed by atoms with Crippen LogP contribution in [0.1, 0.15) is 29.7 Å². The zero-order valence-corrected chi connectivity index (χ0v) is 22.0. The number of anilines is 2. The smallest absolute Gasteiger partial charge is 0.325 e. The molecule has 1 unspecified atom stereocenters. The van der Waals surface area contributed by atoms with Gasteiger partial charge in [-0.3, -0.25) is 24.2 Å². The van der Waals surface area contributed by atoms with Gasteiger partial charge in [0.05, 0.1) is 27.8 Å². The van der Waals surface area contributed by atoms with Crippen LogP contribution in [-0.4, -0.2) is 33.5 Å². The Labute approximate surface area is 231 Å². The van der Waals surface area contributed by atoms with Crippen LogP contribution in [0.2, 0.25) is 0 Å². The Morgan fingerprint density at radius 3 is 2.38 bits per heavy atom. The molecule has 11 heteroatoms. The monoisotopic (exact) mass is 567 g/mol. The van der Waals surface area contributed by atoms with Gasteiger partial charge in [0.15, 0.2) is 0 Å². The summed E-state index contributed by atoms with van der Waals surface area (Å²) in [4.78, 5) is 42.9. The molecular formula is C28H20F3N3O3S2. The molecule has 0 spiro atoms. The van der Waals surface area contributed by atoms with E-state index in [1.165, 1.54) is 21.9 Å². The van der Waals surface area contributed by atoms with Crippen molar-refractivity contribution in [2.75, 3.05) is 16.8 Å². The Bertz CT molecular complexity index is 1540. The molecule has 0 aliphatic carbocycles. The van der Waals surface area contributed by atoms with Gasteiger partial charge in [-0.15, -0.1) is 0 Å². The third-order valence-electron chi connectivity index (χ3n) is 6.39. The Morgan fingerprint density at radius 1 is 0.974 bits per heavy atom. The van der Waals surface area contributed by atoms with Gasteiger partial charge in [0.25, 0.3) is 11.8 Å². The van der Waals surface area contributed by atoms with E-state index in [2.05, 4.69) is 5.32 Å². The summed E-state index contributed by atoms with van der Waals surface area (Å²) in [6, 6.07) is 20.0. The van der Waals surface area contributed by atoms with Crippen LogP contribution >= 0.6 is 24.0 Å². The largest absolute Gasteiger partial charge is 0.416 e. The predicted octanol–water partition coefficient (Wildman–Crippen LogP) is 6.02. The predicted molar refractivity (Wildman–Crippen MR) is 148 cm³/mol. The molecule has 39 heavy (non-hydrogen) atoms. The van der Waals surface area contributed by atoms with Crippen molar-refractivity contribution in [3.05, 3.63) is 100 Å². The lowest BCUT2D eigenvalue weighted by molar-refractivity contribution is -0.137. The zero-order valence-electron chi connectivity index (χ0n) is 20.4. The van der Waals surface area contributed by atoms with E-state index < -0.39 is 36.0 Å². The quantitative estimate of drug-likeness (QED) is 0.302. The molecule has 3 aromatic carbocycles. The Morgan fingerprint density at radius 2 is 1.67 bits per heavy atom. The molecule has 1 fully saturated rings. The number of hydrogen-bond donors (Lipinski definition) is 1. The van der Waals surface area contributed by atoms with Gasteiger partial charge in [-0.1, -0.05) is 78.6 Å². The summed E-state index contributed by atoms with van der Waals surface area (Å²) in [5.74, 6) is -1.66. The lowest BCUT2D eigenvalue weighted by atomic mass is 10.1. The molecule has 3 amide bonds. The van der Waals surface area contributed by atoms with Crippen LogP contribution in [0, 0.1) is 0 Å². The van der Waals surface area contributed by atoms with E-state index in [1.54, 1.807) is 24.3 Å². The second-order valence-corrected chi connectivity index (χ2v) is 10.5. The number of nitrogens with one attached hydrogen (secondary N) is 1. The average molecular weight is 568 g/mol. The number of thiocarbonyl (C=S) groups is 1. The van der Waals surface area contributed by atoms with Crippen LogP contribution in [0.3, 0.4) is 0 Å². The average Bonchev–Trinajstić information content (AvgIpc) is 3.35. The first-order valence-electron chi connectivity index (χ1n) is 11.8. The third-order valence-corrected chi connectivity index (χ3v) is 7.79. The van der Waals surface area contributed by atoms with E-state index in [0.717, 1.165) is 29.5 Å². The molecule has 6 nitrogen and oxygen atoms in total. The first-order chi connectivity index (χ1) is 18.6. The number of hydrogen-bond acceptors (Lipinski definition) is 5. The van der Waals surface area contributed by atoms with Crippen LogP contribution in [0.25, 0.3) is 5.57 Å². The number of alkyl halides is 3. The molecule has 0 radical (unpaired) electrons. The maximum absolute atomic E-state index is 13.6. The SMILES string of the molecule is CC(c1ccccc1)N1C(=O)/C(=C2/C(=O)N(CC(=O)Nc3cccc(C(F)(F)F)c3)c3ccccc32)SC1=S. The number of para-hydroxylation sites is 1. The molecule has 3 aromatic rings. The highest BCUT2D eigenvalue weighted by Gasteiger charge is 2.44. The molecule has 0 aromatic heterocycles. The summed E-state index contributed by atoms with van der Waals surface area (Å²) in [6.45, 7) is 1.39. The number of benzene rings is 3. The topological polar surface area (TPSA) is 69.7 Å². The van der Waals surface area contributed by atoms with Crippen molar-refractivity contribution in [1.82, 2.24) is 4.90 Å². The van der Waals surface area contributed by atoms with Crippen molar-refractivity contribution < 1.29 is 27.6 Å². The number of rotatable bonds is 5. The Balaban J connectivity index is 1.43. The first-order valence-corrected chi connectivity index (χ1v) is 13.0. The van der Waals surface area contributed by atoms with Gasteiger partial charge in [-0.25, -0.2) is 0 Å². The van der Waals surface area contributed by atoms with E-state index in [4.69, 9.17) is 12.2 Å². The van der Waals surface area contributed by atoms with Crippen molar-refractivity contribution in [2.45, 2.75) is 19.1 Å². The third kappa shape index (κ3) is 5.07. The maximum Gasteiger partial charge on any atom is 0.416 e. The van der Waals surface area contributed by atoms with E-state index in [9.17, 15) is 27.6 Å². The van der Waals surface area contributed by atoms with Gasteiger partial charge in [0.1, 0.15) is 10.9 Å². The molecule has 2 heterocycles. The molecular weight excluding hydrogens is 547 g/mol. The fourth-order valence-corrected chi connectivity index (χ4v) is 6.01. The van der Waals surface area contributed by atoms with Crippen LogP contribution < -0.4 is 10.2 Å². The first kappa shape index (κ1) is 26.6. The molecule has 1 N–H and O–H groups in total. The number of nitrogens with zero attached hydrogens (tertiary/aromatic N) is 2. The summed E-state index contributed by atoms with van der Waals surface area (Å²) in [7, 11) is 0. The number of thioether (sulfide) groups is 1. The van der Waals surface area contributed by atoms with Gasteiger partial charge in [-0.2, -0.15) is 13.2 Å². The highest BCUT2D eigenvalue weighted by molar-refractivity contribution is 8.26. The van der Waals surface area contributed by atoms with Crippen LogP contribution in [-0.2, 0) is 20.6 Å². The highest BCUT2D eigenvalue weighted by atomic mass is 32.2. The minimum absolute atomic E-state index is 0.0502. The molecule has 1 saturated heterocycles. The Hall–Kier alpha value is -3.96. The molecule has 5 rings (SSSR count). The summed E-state index contributed by atoms with van der Waals surface area (Å²) in [5.41, 5.74) is 0.951. The highest BCUT2D eigenvalue weighted by Crippen LogP contribution is 2.46. The van der Waals surface area contributed by atoms with Crippen LogP contribution in [0.5, 0.6) is 0 Å². The van der Waals surface area contributed by atoms with Gasteiger partial charge < -0.3 is 5.32 Å². The van der Waals surface area contributed by atoms with Crippen LogP contribution in [0.15, 0.2) is 83.8 Å². The van der Waals surface area contributed by atoms with Crippen molar-refractivity contribution >= 4 is 63.0 Å². The van der Waals surface area contributed by atoms with Gasteiger partial charge in [0.2, 0.25) is 5.91 Å². The normalized spacial score (nSPS) is 18.0. The van der Waals surface area contributed by atoms with E-state index in [1.807, 2.05) is 37.3 Å². The van der Waals surface area contributed by atoms with Crippen molar-refractivity contribution in [3.8, 4) is 0 Å². The minimum atomic E-state index is -4.57. The molecule has 0 bridgehead atoms. The molecule has 2 aliphatic heterocycles. The van der Waals surface area contributed by atoms with Crippen LogP contribution in [0.4, 0.5) is 24.5 Å². The fourth-order valence-electron chi connectivity index (χ4n) is 4.52. The van der Waals surface area contributed by atoms with E-state index in [-0.39, 0.29) is 22.2 Å². The van der Waals surface area contributed by atoms with Gasteiger partial charge >= 0.3 is 6.18 Å². The van der Waals surface area contributed by atoms with E-state index >= 15 is 0 Å². The van der Waals surface area contributed by atoms with Crippen molar-refractivity contribution in [2.24, 2.45) is 0 Å². The standard InChI is InChI=1S/C28H20F3N3O3S2/c1-16(17-8-3-2-4-9-17)34-26(37)24(39-27(34)38)23-20-12-5-6-13-21(20)33(25(23)36)15-22(35)32-19-11-7-10-18(14-19)28(29,30)31/h2-14,16H,15H2,1H3,(H,32,35)/b24-23-. The number of amides is 3. The minimum Gasteiger partial charge on any atom is -0.325 e. The number of carbonyl (C=O) groups excluding carboxylic acids is 3. The van der Waals surface area contributed by atoms with Crippen molar-refractivity contribution in [1.29, 1.82) is 0 Å². The second-order valence-electron chi connectivity index (χ2n) is 8.87. The summed E-state index contributed by atoms with van der Waals surface area (Å²) in [5, 5.41) is 2.42. The molecule has 2 aliphatic rings. The maximum atomic E-state index is 13.6. The van der Waals surface area contributed by atoms with Gasteiger partial charge in [0, 0.05) is 11.3 Å². The fraction of sp³-hybridized carbons (Fsp3) is 0.143.